The number of carbonyl (C=O) groups is 1. The molecule has 2 aromatic rings. The van der Waals surface area contributed by atoms with Crippen LogP contribution in [0.3, 0.4) is 0 Å². The molecule has 0 amide bonds. The molecule has 0 saturated heterocycles. The Hall–Kier alpha value is -2.29. The Bertz CT molecular complexity index is 544. The van der Waals surface area contributed by atoms with Gasteiger partial charge < -0.3 is 9.84 Å². The average Bonchev–Trinajstić information content (AvgIpc) is 2.41. The van der Waals surface area contributed by atoms with E-state index in [-0.39, 0.29) is 11.7 Å². The smallest absolute Gasteiger partial charge is 0.337 e. The maximum absolute atomic E-state index is 11.4. The molecule has 1 N–H and O–H groups in total. The third-order valence-electron chi connectivity index (χ3n) is 2.69. The number of phenolic OH excluding ortho intramolecular Hbond substituents is 1. The molecule has 3 heteroatoms. The highest BCUT2D eigenvalue weighted by molar-refractivity contribution is 5.89. The second-order valence-corrected chi connectivity index (χ2v) is 4.04. The SMILES string of the molecule is COC(=O)c1cccc(Cc2ccc(O)cc2)c1. The first-order valence-corrected chi connectivity index (χ1v) is 5.64. The maximum atomic E-state index is 11.4. The summed E-state index contributed by atoms with van der Waals surface area (Å²) in [6, 6.07) is 14.4. The first-order chi connectivity index (χ1) is 8.69. The normalized spacial score (nSPS) is 10.1. The summed E-state index contributed by atoms with van der Waals surface area (Å²) in [5, 5.41) is 9.21. The highest BCUT2D eigenvalue weighted by Crippen LogP contribution is 2.15. The molecule has 2 rings (SSSR count). The summed E-state index contributed by atoms with van der Waals surface area (Å²) in [5.74, 6) is -0.0791. The molecule has 0 aliphatic heterocycles. The molecule has 0 aliphatic carbocycles. The lowest BCUT2D eigenvalue weighted by atomic mass is 10.0. The van der Waals surface area contributed by atoms with E-state index in [4.69, 9.17) is 0 Å². The van der Waals surface area contributed by atoms with Crippen molar-refractivity contribution in [2.75, 3.05) is 7.11 Å². The monoisotopic (exact) mass is 242 g/mol. The van der Waals surface area contributed by atoms with Crippen LogP contribution in [-0.2, 0) is 11.2 Å². The van der Waals surface area contributed by atoms with Gasteiger partial charge in [-0.25, -0.2) is 4.79 Å². The third kappa shape index (κ3) is 2.88. The maximum Gasteiger partial charge on any atom is 0.337 e. The van der Waals surface area contributed by atoms with E-state index in [1.54, 1.807) is 18.2 Å². The van der Waals surface area contributed by atoms with E-state index in [9.17, 15) is 9.90 Å². The lowest BCUT2D eigenvalue weighted by molar-refractivity contribution is 0.0600. The van der Waals surface area contributed by atoms with Crippen molar-refractivity contribution in [1.82, 2.24) is 0 Å². The molecular weight excluding hydrogens is 228 g/mol. The zero-order chi connectivity index (χ0) is 13.0. The minimum Gasteiger partial charge on any atom is -0.508 e. The molecule has 0 atom stereocenters. The average molecular weight is 242 g/mol. The Morgan fingerprint density at radius 3 is 2.50 bits per heavy atom. The topological polar surface area (TPSA) is 46.5 Å². The summed E-state index contributed by atoms with van der Waals surface area (Å²) in [6.45, 7) is 0. The number of phenols is 1. The summed E-state index contributed by atoms with van der Waals surface area (Å²) >= 11 is 0. The first kappa shape index (κ1) is 12.2. The van der Waals surface area contributed by atoms with Crippen LogP contribution in [-0.4, -0.2) is 18.2 Å². The van der Waals surface area contributed by atoms with Crippen LogP contribution in [0, 0.1) is 0 Å². The van der Waals surface area contributed by atoms with E-state index in [1.165, 1.54) is 7.11 Å². The van der Waals surface area contributed by atoms with Gasteiger partial charge in [-0.2, -0.15) is 0 Å². The molecule has 2 aromatic carbocycles. The Morgan fingerprint density at radius 1 is 1.11 bits per heavy atom. The number of esters is 1. The van der Waals surface area contributed by atoms with E-state index in [2.05, 4.69) is 4.74 Å². The van der Waals surface area contributed by atoms with Gasteiger partial charge in [0.15, 0.2) is 0 Å². The molecule has 92 valence electrons. The predicted octanol–water partition coefficient (Wildman–Crippen LogP) is 2.77. The van der Waals surface area contributed by atoms with Gasteiger partial charge in [-0.1, -0.05) is 24.3 Å². The van der Waals surface area contributed by atoms with Crippen molar-refractivity contribution in [2.24, 2.45) is 0 Å². The van der Waals surface area contributed by atoms with Crippen LogP contribution < -0.4 is 0 Å². The molecule has 0 fully saturated rings. The summed E-state index contributed by atoms with van der Waals surface area (Å²) in [7, 11) is 1.37. The third-order valence-corrected chi connectivity index (χ3v) is 2.69. The predicted molar refractivity (Wildman–Crippen MR) is 68.7 cm³/mol. The van der Waals surface area contributed by atoms with E-state index in [1.807, 2.05) is 30.3 Å². The summed E-state index contributed by atoms with van der Waals surface area (Å²) in [4.78, 5) is 11.4. The second kappa shape index (κ2) is 5.36. The van der Waals surface area contributed by atoms with Gasteiger partial charge in [0.1, 0.15) is 5.75 Å². The molecule has 0 aliphatic rings. The number of methoxy groups -OCH3 is 1. The zero-order valence-corrected chi connectivity index (χ0v) is 10.1. The number of aromatic hydroxyl groups is 1. The van der Waals surface area contributed by atoms with Crippen LogP contribution in [0.1, 0.15) is 21.5 Å². The van der Waals surface area contributed by atoms with Crippen molar-refractivity contribution < 1.29 is 14.6 Å². The quantitative estimate of drug-likeness (QED) is 0.842. The molecule has 0 unspecified atom stereocenters. The number of carbonyl (C=O) groups excluding carboxylic acids is 1. The van der Waals surface area contributed by atoms with Crippen LogP contribution in [0.4, 0.5) is 0 Å². The number of hydrogen-bond acceptors (Lipinski definition) is 3. The number of hydrogen-bond donors (Lipinski definition) is 1. The lowest BCUT2D eigenvalue weighted by Crippen LogP contribution is -2.01. The molecule has 0 spiro atoms. The largest absolute Gasteiger partial charge is 0.508 e. The molecular formula is C15H14O3. The standard InChI is InChI=1S/C15H14O3/c1-18-15(17)13-4-2-3-12(10-13)9-11-5-7-14(16)8-6-11/h2-8,10,16H,9H2,1H3. The molecule has 0 radical (unpaired) electrons. The van der Waals surface area contributed by atoms with E-state index in [0.29, 0.717) is 12.0 Å². The zero-order valence-electron chi connectivity index (χ0n) is 10.1. The Labute approximate surface area is 106 Å². The van der Waals surface area contributed by atoms with Crippen molar-refractivity contribution in [2.45, 2.75) is 6.42 Å². The van der Waals surface area contributed by atoms with Crippen molar-refractivity contribution in [3.63, 3.8) is 0 Å². The van der Waals surface area contributed by atoms with E-state index >= 15 is 0 Å². The fraction of sp³-hybridized carbons (Fsp3) is 0.133. The van der Waals surface area contributed by atoms with Gasteiger partial charge in [0, 0.05) is 0 Å². The van der Waals surface area contributed by atoms with Gasteiger partial charge in [-0.15, -0.1) is 0 Å². The van der Waals surface area contributed by atoms with Crippen LogP contribution >= 0.6 is 0 Å². The van der Waals surface area contributed by atoms with Gasteiger partial charge in [-0.05, 0) is 41.8 Å². The Kier molecular flexibility index (Phi) is 3.63. The number of benzene rings is 2. The molecule has 0 saturated carbocycles. The minimum atomic E-state index is -0.331. The van der Waals surface area contributed by atoms with Crippen molar-refractivity contribution >= 4 is 5.97 Å². The second-order valence-electron chi connectivity index (χ2n) is 4.04. The Balaban J connectivity index is 2.19. The molecule has 0 bridgehead atoms. The molecule has 18 heavy (non-hydrogen) atoms. The summed E-state index contributed by atoms with van der Waals surface area (Å²) < 4.78 is 4.69. The molecule has 0 aromatic heterocycles. The minimum absolute atomic E-state index is 0.252. The summed E-state index contributed by atoms with van der Waals surface area (Å²) in [5.41, 5.74) is 2.66. The lowest BCUT2D eigenvalue weighted by Gasteiger charge is -2.04. The highest BCUT2D eigenvalue weighted by Gasteiger charge is 2.05. The van der Waals surface area contributed by atoms with E-state index < -0.39 is 0 Å². The fourth-order valence-electron chi connectivity index (χ4n) is 1.78. The van der Waals surface area contributed by atoms with Gasteiger partial charge in [0.05, 0.1) is 12.7 Å². The Morgan fingerprint density at radius 2 is 1.83 bits per heavy atom. The van der Waals surface area contributed by atoms with Crippen LogP contribution in [0.15, 0.2) is 48.5 Å². The molecule has 0 heterocycles. The van der Waals surface area contributed by atoms with Crippen molar-refractivity contribution in [3.05, 3.63) is 65.2 Å². The van der Waals surface area contributed by atoms with E-state index in [0.717, 1.165) is 11.1 Å². The van der Waals surface area contributed by atoms with Gasteiger partial charge >= 0.3 is 5.97 Å². The van der Waals surface area contributed by atoms with Gasteiger partial charge in [-0.3, -0.25) is 0 Å². The number of ether oxygens (including phenoxy) is 1. The van der Waals surface area contributed by atoms with Crippen molar-refractivity contribution in [3.8, 4) is 5.75 Å². The van der Waals surface area contributed by atoms with Crippen LogP contribution in [0.2, 0.25) is 0 Å². The highest BCUT2D eigenvalue weighted by atomic mass is 16.5. The van der Waals surface area contributed by atoms with Crippen LogP contribution in [0.25, 0.3) is 0 Å². The fourth-order valence-corrected chi connectivity index (χ4v) is 1.78. The van der Waals surface area contributed by atoms with Gasteiger partial charge in [0.2, 0.25) is 0 Å². The van der Waals surface area contributed by atoms with Crippen LogP contribution in [0.5, 0.6) is 5.75 Å². The van der Waals surface area contributed by atoms with Crippen molar-refractivity contribution in [1.29, 1.82) is 0 Å². The van der Waals surface area contributed by atoms with Gasteiger partial charge in [0.25, 0.3) is 0 Å². The summed E-state index contributed by atoms with van der Waals surface area (Å²) in [6.07, 6.45) is 0.713. The first-order valence-electron chi connectivity index (χ1n) is 5.64. The number of rotatable bonds is 3. The molecule has 3 nitrogen and oxygen atoms in total.